The van der Waals surface area contributed by atoms with Crippen molar-refractivity contribution in [3.63, 3.8) is 0 Å². The van der Waals surface area contributed by atoms with Crippen molar-refractivity contribution < 1.29 is 14.3 Å². The Morgan fingerprint density at radius 1 is 0.941 bits per heavy atom. The number of carbonyl (C=O) groups is 1. The van der Waals surface area contributed by atoms with Crippen LogP contribution in [0.1, 0.15) is 10.4 Å². The molecule has 5 aromatic rings. The molecule has 8 nitrogen and oxygen atoms in total. The Balaban J connectivity index is 1.44. The zero-order chi connectivity index (χ0) is 22.9. The van der Waals surface area contributed by atoms with Crippen LogP contribution in [0.3, 0.4) is 0 Å². The van der Waals surface area contributed by atoms with E-state index in [0.717, 1.165) is 45.0 Å². The van der Waals surface area contributed by atoms with Crippen LogP contribution in [0, 0.1) is 0 Å². The minimum atomic E-state index is -0.415. The number of fused-ring (bicyclic) bond motifs is 3. The van der Waals surface area contributed by atoms with E-state index in [1.807, 2.05) is 18.2 Å². The van der Waals surface area contributed by atoms with Crippen molar-refractivity contribution in [1.82, 2.24) is 19.9 Å². The highest BCUT2D eigenvalue weighted by atomic mass is 32.1. The average Bonchev–Trinajstić information content (AvgIpc) is 3.28. The summed E-state index contributed by atoms with van der Waals surface area (Å²) >= 11 is 1.54. The number of nitrogens with zero attached hydrogens (tertiary/aromatic N) is 5. The van der Waals surface area contributed by atoms with Gasteiger partial charge in [-0.15, -0.1) is 11.3 Å². The van der Waals surface area contributed by atoms with E-state index in [1.165, 1.54) is 0 Å². The van der Waals surface area contributed by atoms with Gasteiger partial charge in [0.15, 0.2) is 11.6 Å². The summed E-state index contributed by atoms with van der Waals surface area (Å²) < 4.78 is 12.1. The molecule has 4 heterocycles. The van der Waals surface area contributed by atoms with Crippen molar-refractivity contribution in [1.29, 1.82) is 0 Å². The maximum Gasteiger partial charge on any atom is 0.343 e. The monoisotopic (exact) mass is 469 g/mol. The molecule has 1 aliphatic heterocycles. The first-order valence-electron chi connectivity index (χ1n) is 10.9. The third kappa shape index (κ3) is 3.85. The minimum Gasteiger partial charge on any atom is -0.423 e. The lowest BCUT2D eigenvalue weighted by molar-refractivity contribution is 0.0735. The van der Waals surface area contributed by atoms with Crippen molar-refractivity contribution in [2.24, 2.45) is 0 Å². The fourth-order valence-corrected chi connectivity index (χ4v) is 4.97. The van der Waals surface area contributed by atoms with Crippen LogP contribution >= 0.6 is 11.3 Å². The maximum absolute atomic E-state index is 12.5. The largest absolute Gasteiger partial charge is 0.423 e. The lowest BCUT2D eigenvalue weighted by atomic mass is 10.2. The molecule has 3 aromatic heterocycles. The number of thiophene rings is 1. The first-order chi connectivity index (χ1) is 16.8. The molecule has 2 aromatic carbocycles. The zero-order valence-electron chi connectivity index (χ0n) is 18.0. The molecular formula is C25H19N5O3S. The lowest BCUT2D eigenvalue weighted by Gasteiger charge is -2.28. The molecule has 0 unspecified atom stereocenters. The third-order valence-corrected chi connectivity index (χ3v) is 6.63. The average molecular weight is 470 g/mol. The quantitative estimate of drug-likeness (QED) is 0.283. The van der Waals surface area contributed by atoms with Gasteiger partial charge in [0.1, 0.15) is 21.6 Å². The van der Waals surface area contributed by atoms with Crippen LogP contribution in [0.5, 0.6) is 5.75 Å². The summed E-state index contributed by atoms with van der Waals surface area (Å²) in [4.78, 5) is 34.4. The number of rotatable bonds is 4. The fourth-order valence-electron chi connectivity index (χ4n) is 3.91. The van der Waals surface area contributed by atoms with E-state index in [4.69, 9.17) is 19.4 Å². The van der Waals surface area contributed by atoms with Gasteiger partial charge in [0, 0.05) is 31.0 Å². The summed E-state index contributed by atoms with van der Waals surface area (Å²) in [6, 6.07) is 16.2. The van der Waals surface area contributed by atoms with E-state index in [9.17, 15) is 4.79 Å². The number of morpholine rings is 1. The molecule has 9 heteroatoms. The predicted molar refractivity (Wildman–Crippen MR) is 130 cm³/mol. The highest BCUT2D eigenvalue weighted by Crippen LogP contribution is 2.37. The Morgan fingerprint density at radius 3 is 2.62 bits per heavy atom. The first-order valence-corrected chi connectivity index (χ1v) is 11.7. The first kappa shape index (κ1) is 20.6. The highest BCUT2D eigenvalue weighted by Gasteiger charge is 2.22. The Kier molecular flexibility index (Phi) is 5.32. The summed E-state index contributed by atoms with van der Waals surface area (Å²) in [7, 11) is 0. The molecule has 0 N–H and O–H groups in total. The van der Waals surface area contributed by atoms with Crippen LogP contribution in [0.4, 0.5) is 5.82 Å². The number of benzene rings is 2. The molecule has 1 saturated heterocycles. The maximum atomic E-state index is 12.5. The van der Waals surface area contributed by atoms with Crippen LogP contribution in [0.15, 0.2) is 67.0 Å². The second kappa shape index (κ2) is 8.77. The molecule has 6 rings (SSSR count). The molecule has 0 amide bonds. The van der Waals surface area contributed by atoms with Crippen molar-refractivity contribution in [2.75, 3.05) is 31.2 Å². The van der Waals surface area contributed by atoms with Crippen LogP contribution in [0.2, 0.25) is 0 Å². The smallest absolute Gasteiger partial charge is 0.343 e. The number of anilines is 1. The van der Waals surface area contributed by atoms with Gasteiger partial charge >= 0.3 is 5.97 Å². The van der Waals surface area contributed by atoms with Crippen LogP contribution in [0.25, 0.3) is 32.0 Å². The van der Waals surface area contributed by atoms with E-state index in [1.54, 1.807) is 60.1 Å². The lowest BCUT2D eigenvalue weighted by Crippen LogP contribution is -2.36. The summed E-state index contributed by atoms with van der Waals surface area (Å²) in [5.74, 6) is 1.40. The van der Waals surface area contributed by atoms with Crippen molar-refractivity contribution in [3.05, 3.63) is 72.6 Å². The molecule has 1 aliphatic rings. The van der Waals surface area contributed by atoms with Gasteiger partial charge in [-0.25, -0.2) is 24.7 Å². The molecule has 0 bridgehead atoms. The Bertz CT molecular complexity index is 1500. The van der Waals surface area contributed by atoms with Crippen LogP contribution < -0.4 is 9.64 Å². The molecule has 34 heavy (non-hydrogen) atoms. The summed E-state index contributed by atoms with van der Waals surface area (Å²) in [6.45, 7) is 2.78. The Morgan fingerprint density at radius 2 is 1.76 bits per heavy atom. The number of ether oxygens (including phenoxy) is 2. The van der Waals surface area contributed by atoms with Gasteiger partial charge in [-0.2, -0.15) is 0 Å². The van der Waals surface area contributed by atoms with Crippen molar-refractivity contribution in [3.8, 4) is 17.1 Å². The fraction of sp³-hybridized carbons (Fsp3) is 0.160. The van der Waals surface area contributed by atoms with E-state index >= 15 is 0 Å². The standard InChI is InChI=1S/C25H19N5O3S/c31-25(16-5-2-1-3-6-16)33-18-8-4-7-17(15-18)22-28-19-20-24(27-10-9-26-20)34-21(19)23(29-22)30-11-13-32-14-12-30/h1-10,15H,11-14H2. The Hall–Kier alpha value is -3.95. The second-order valence-electron chi connectivity index (χ2n) is 7.74. The van der Waals surface area contributed by atoms with Gasteiger partial charge in [0.2, 0.25) is 0 Å². The molecule has 0 saturated carbocycles. The van der Waals surface area contributed by atoms with E-state index < -0.39 is 5.97 Å². The van der Waals surface area contributed by atoms with Crippen molar-refractivity contribution >= 4 is 43.7 Å². The van der Waals surface area contributed by atoms with Gasteiger partial charge in [-0.05, 0) is 24.3 Å². The Labute approximate surface area is 198 Å². The SMILES string of the molecule is O=C(Oc1cccc(-c2nc(N3CCOCC3)c3sc4nccnc4c3n2)c1)c1ccccc1. The topological polar surface area (TPSA) is 90.3 Å². The highest BCUT2D eigenvalue weighted by molar-refractivity contribution is 7.25. The summed E-state index contributed by atoms with van der Waals surface area (Å²) in [5.41, 5.74) is 2.76. The summed E-state index contributed by atoms with van der Waals surface area (Å²) in [6.07, 6.45) is 3.36. The van der Waals surface area contributed by atoms with Gasteiger partial charge < -0.3 is 14.4 Å². The van der Waals surface area contributed by atoms with Gasteiger partial charge in [0.05, 0.1) is 23.5 Å². The normalized spacial score (nSPS) is 13.9. The number of esters is 1. The van der Waals surface area contributed by atoms with Crippen LogP contribution in [-0.2, 0) is 4.74 Å². The molecule has 0 radical (unpaired) electrons. The molecule has 168 valence electrons. The predicted octanol–water partition coefficient (Wildman–Crippen LogP) is 4.36. The van der Waals surface area contributed by atoms with E-state index in [-0.39, 0.29) is 0 Å². The molecule has 0 aliphatic carbocycles. The van der Waals surface area contributed by atoms with Gasteiger partial charge in [-0.1, -0.05) is 30.3 Å². The van der Waals surface area contributed by atoms with Gasteiger partial charge in [-0.3, -0.25) is 0 Å². The number of hydrogen-bond acceptors (Lipinski definition) is 9. The van der Waals surface area contributed by atoms with E-state index in [0.29, 0.717) is 30.4 Å². The number of aromatic nitrogens is 4. The zero-order valence-corrected chi connectivity index (χ0v) is 18.9. The molecular weight excluding hydrogens is 450 g/mol. The second-order valence-corrected chi connectivity index (χ2v) is 8.74. The number of carbonyl (C=O) groups excluding carboxylic acids is 1. The van der Waals surface area contributed by atoms with Crippen molar-refractivity contribution in [2.45, 2.75) is 0 Å². The minimum absolute atomic E-state index is 0.415. The van der Waals surface area contributed by atoms with E-state index in [2.05, 4.69) is 14.9 Å². The number of hydrogen-bond donors (Lipinski definition) is 0. The van der Waals surface area contributed by atoms with Crippen LogP contribution in [-0.4, -0.2) is 52.2 Å². The molecule has 1 fully saturated rings. The third-order valence-electron chi connectivity index (χ3n) is 5.56. The molecule has 0 spiro atoms. The molecule has 0 atom stereocenters. The van der Waals surface area contributed by atoms with Gasteiger partial charge in [0.25, 0.3) is 0 Å². The summed E-state index contributed by atoms with van der Waals surface area (Å²) in [5, 5.41) is 0.